The van der Waals surface area contributed by atoms with Gasteiger partial charge in [-0.05, 0) is 37.8 Å². The van der Waals surface area contributed by atoms with Crippen LogP contribution < -0.4 is 5.32 Å². The minimum absolute atomic E-state index is 0.00902. The standard InChI is InChI=1S/C17H21FN4OS2/c1-2-24-17-21-20-16(25-17)19-15(23)12-7-9-22(10-8-12)11-13-5-3-4-6-14(13)18/h3-6,12H,2,7-11H2,1H3,(H,19,20,23). The highest BCUT2D eigenvalue weighted by Gasteiger charge is 2.26. The van der Waals surface area contributed by atoms with Crippen molar-refractivity contribution in [3.05, 3.63) is 35.6 Å². The average Bonchev–Trinajstić information content (AvgIpc) is 3.05. The van der Waals surface area contributed by atoms with Crippen LogP contribution in [0.15, 0.2) is 28.6 Å². The predicted octanol–water partition coefficient (Wildman–Crippen LogP) is 3.64. The lowest BCUT2D eigenvalue weighted by atomic mass is 9.95. The molecular formula is C17H21FN4OS2. The van der Waals surface area contributed by atoms with E-state index in [1.165, 1.54) is 17.4 Å². The molecule has 1 aliphatic heterocycles. The first-order chi connectivity index (χ1) is 12.2. The molecule has 0 radical (unpaired) electrons. The fourth-order valence-corrected chi connectivity index (χ4v) is 4.52. The van der Waals surface area contributed by atoms with Crippen molar-refractivity contribution in [2.45, 2.75) is 30.6 Å². The molecule has 1 amide bonds. The number of hydrogen-bond acceptors (Lipinski definition) is 6. The van der Waals surface area contributed by atoms with Crippen molar-refractivity contribution >= 4 is 34.1 Å². The van der Waals surface area contributed by atoms with Crippen molar-refractivity contribution < 1.29 is 9.18 Å². The fourth-order valence-electron chi connectivity index (χ4n) is 2.87. The molecule has 1 fully saturated rings. The van der Waals surface area contributed by atoms with Gasteiger partial charge in [0.15, 0.2) is 4.34 Å². The Hall–Kier alpha value is -1.51. The van der Waals surface area contributed by atoms with Gasteiger partial charge in [0.2, 0.25) is 11.0 Å². The molecule has 1 saturated heterocycles. The van der Waals surface area contributed by atoms with Gasteiger partial charge in [-0.25, -0.2) is 4.39 Å². The molecule has 8 heteroatoms. The summed E-state index contributed by atoms with van der Waals surface area (Å²) in [5, 5.41) is 11.5. The Labute approximate surface area is 155 Å². The molecule has 1 aromatic carbocycles. The van der Waals surface area contributed by atoms with Gasteiger partial charge in [-0.1, -0.05) is 48.2 Å². The van der Waals surface area contributed by atoms with E-state index in [-0.39, 0.29) is 17.6 Å². The monoisotopic (exact) mass is 380 g/mol. The maximum atomic E-state index is 13.7. The number of carbonyl (C=O) groups is 1. The SMILES string of the molecule is CCSc1nnc(NC(=O)C2CCN(Cc3ccccc3F)CC2)s1. The van der Waals surface area contributed by atoms with Crippen LogP contribution in [0.25, 0.3) is 0 Å². The third-order valence-corrected chi connectivity index (χ3v) is 6.07. The summed E-state index contributed by atoms with van der Waals surface area (Å²) in [6.45, 7) is 4.23. The van der Waals surface area contributed by atoms with Crippen LogP contribution in [0.3, 0.4) is 0 Å². The third kappa shape index (κ3) is 4.99. The largest absolute Gasteiger partial charge is 0.300 e. The minimum atomic E-state index is -0.167. The second-order valence-corrected chi connectivity index (χ2v) is 8.43. The molecule has 134 valence electrons. The summed E-state index contributed by atoms with van der Waals surface area (Å²) in [5.41, 5.74) is 0.709. The number of carbonyl (C=O) groups excluding carboxylic acids is 1. The van der Waals surface area contributed by atoms with Crippen LogP contribution >= 0.6 is 23.1 Å². The normalized spacial score (nSPS) is 16.1. The number of likely N-dealkylation sites (tertiary alicyclic amines) is 1. The maximum absolute atomic E-state index is 13.7. The van der Waals surface area contributed by atoms with Crippen LogP contribution in [0, 0.1) is 11.7 Å². The highest BCUT2D eigenvalue weighted by Crippen LogP contribution is 2.26. The lowest BCUT2D eigenvalue weighted by Gasteiger charge is -2.31. The molecule has 25 heavy (non-hydrogen) atoms. The molecule has 1 aliphatic rings. The Morgan fingerprint density at radius 1 is 1.36 bits per heavy atom. The molecule has 0 spiro atoms. The van der Waals surface area contributed by atoms with Crippen LogP contribution in [-0.4, -0.2) is 39.8 Å². The number of hydrogen-bond donors (Lipinski definition) is 1. The van der Waals surface area contributed by atoms with Crippen LogP contribution in [0.2, 0.25) is 0 Å². The molecule has 1 aromatic heterocycles. The Morgan fingerprint density at radius 2 is 2.12 bits per heavy atom. The van der Waals surface area contributed by atoms with Crippen LogP contribution in [0.1, 0.15) is 25.3 Å². The van der Waals surface area contributed by atoms with Gasteiger partial charge in [0.25, 0.3) is 0 Å². The number of aromatic nitrogens is 2. The summed E-state index contributed by atoms with van der Waals surface area (Å²) in [6.07, 6.45) is 1.55. The number of piperidine rings is 1. The summed E-state index contributed by atoms with van der Waals surface area (Å²) >= 11 is 3.03. The van der Waals surface area contributed by atoms with Crippen molar-refractivity contribution in [2.24, 2.45) is 5.92 Å². The van der Waals surface area contributed by atoms with Gasteiger partial charge in [-0.15, -0.1) is 10.2 Å². The molecule has 0 aliphatic carbocycles. The van der Waals surface area contributed by atoms with Crippen LogP contribution in [0.5, 0.6) is 0 Å². The van der Waals surface area contributed by atoms with Crippen molar-refractivity contribution in [2.75, 3.05) is 24.2 Å². The molecule has 0 atom stereocenters. The van der Waals surface area contributed by atoms with Gasteiger partial charge >= 0.3 is 0 Å². The molecule has 5 nitrogen and oxygen atoms in total. The van der Waals surface area contributed by atoms with E-state index in [1.807, 2.05) is 12.1 Å². The van der Waals surface area contributed by atoms with E-state index in [0.29, 0.717) is 17.2 Å². The second-order valence-electron chi connectivity index (χ2n) is 5.94. The lowest BCUT2D eigenvalue weighted by Crippen LogP contribution is -2.37. The van der Waals surface area contributed by atoms with E-state index < -0.39 is 0 Å². The zero-order valence-electron chi connectivity index (χ0n) is 14.1. The van der Waals surface area contributed by atoms with Crippen molar-refractivity contribution in [3.8, 4) is 0 Å². The molecule has 1 N–H and O–H groups in total. The number of benzene rings is 1. The van der Waals surface area contributed by atoms with Crippen LogP contribution in [-0.2, 0) is 11.3 Å². The average molecular weight is 381 g/mol. The number of amides is 1. The van der Waals surface area contributed by atoms with E-state index in [2.05, 4.69) is 27.3 Å². The zero-order valence-corrected chi connectivity index (χ0v) is 15.7. The Kier molecular flexibility index (Phi) is 6.39. The summed E-state index contributed by atoms with van der Waals surface area (Å²) in [4.78, 5) is 14.6. The van der Waals surface area contributed by atoms with Crippen molar-refractivity contribution in [3.63, 3.8) is 0 Å². The van der Waals surface area contributed by atoms with Gasteiger partial charge in [-0.2, -0.15) is 0 Å². The van der Waals surface area contributed by atoms with Gasteiger partial charge in [0, 0.05) is 18.0 Å². The maximum Gasteiger partial charge on any atom is 0.229 e. The van der Waals surface area contributed by atoms with Gasteiger partial charge in [0.05, 0.1) is 0 Å². The molecule has 0 unspecified atom stereocenters. The molecule has 3 rings (SSSR count). The van der Waals surface area contributed by atoms with E-state index in [1.54, 1.807) is 17.8 Å². The number of halogens is 1. The van der Waals surface area contributed by atoms with Crippen molar-refractivity contribution in [1.29, 1.82) is 0 Å². The molecule has 2 heterocycles. The molecular weight excluding hydrogens is 359 g/mol. The molecule has 0 saturated carbocycles. The van der Waals surface area contributed by atoms with E-state index >= 15 is 0 Å². The topological polar surface area (TPSA) is 58.1 Å². The van der Waals surface area contributed by atoms with Gasteiger partial charge < -0.3 is 5.32 Å². The number of thioether (sulfide) groups is 1. The Morgan fingerprint density at radius 3 is 2.84 bits per heavy atom. The van der Waals surface area contributed by atoms with Crippen LogP contribution in [0.4, 0.5) is 9.52 Å². The smallest absolute Gasteiger partial charge is 0.229 e. The first kappa shape index (κ1) is 18.3. The molecule has 2 aromatic rings. The minimum Gasteiger partial charge on any atom is -0.300 e. The number of nitrogens with one attached hydrogen (secondary N) is 1. The number of nitrogens with zero attached hydrogens (tertiary/aromatic N) is 3. The fraction of sp³-hybridized carbons (Fsp3) is 0.471. The highest BCUT2D eigenvalue weighted by molar-refractivity contribution is 8.01. The summed E-state index contributed by atoms with van der Waals surface area (Å²) < 4.78 is 14.6. The second kappa shape index (κ2) is 8.73. The first-order valence-electron chi connectivity index (χ1n) is 8.38. The lowest BCUT2D eigenvalue weighted by molar-refractivity contribution is -0.121. The summed E-state index contributed by atoms with van der Waals surface area (Å²) in [7, 11) is 0. The van der Waals surface area contributed by atoms with E-state index in [4.69, 9.17) is 0 Å². The Bertz CT molecular complexity index is 716. The quantitative estimate of drug-likeness (QED) is 0.612. The Balaban J connectivity index is 1.48. The molecule has 0 bridgehead atoms. The first-order valence-corrected chi connectivity index (χ1v) is 10.2. The predicted molar refractivity (Wildman–Crippen MR) is 99.3 cm³/mol. The van der Waals surface area contributed by atoms with E-state index in [0.717, 1.165) is 36.0 Å². The third-order valence-electron chi connectivity index (χ3n) is 4.21. The highest BCUT2D eigenvalue weighted by atomic mass is 32.2. The summed E-state index contributed by atoms with van der Waals surface area (Å²) in [5.74, 6) is 0.750. The number of rotatable bonds is 6. The summed E-state index contributed by atoms with van der Waals surface area (Å²) in [6, 6.07) is 6.86. The van der Waals surface area contributed by atoms with E-state index in [9.17, 15) is 9.18 Å². The van der Waals surface area contributed by atoms with Crippen molar-refractivity contribution in [1.82, 2.24) is 15.1 Å². The number of anilines is 1. The van der Waals surface area contributed by atoms with Gasteiger partial charge in [-0.3, -0.25) is 9.69 Å². The zero-order chi connectivity index (χ0) is 17.6. The van der Waals surface area contributed by atoms with Gasteiger partial charge in [0.1, 0.15) is 5.82 Å².